The Hall–Kier alpha value is -2.07. The quantitative estimate of drug-likeness (QED) is 0.936. The number of nitrogens with zero attached hydrogens (tertiary/aromatic N) is 2. The lowest BCUT2D eigenvalue weighted by Crippen LogP contribution is -2.19. The number of rotatable bonds is 3. The van der Waals surface area contributed by atoms with Crippen LogP contribution in [0.5, 0.6) is 0 Å². The van der Waals surface area contributed by atoms with Gasteiger partial charge in [-0.1, -0.05) is 23.7 Å². The van der Waals surface area contributed by atoms with E-state index in [0.717, 1.165) is 0 Å². The van der Waals surface area contributed by atoms with Gasteiger partial charge in [-0.3, -0.25) is 4.79 Å². The van der Waals surface area contributed by atoms with Gasteiger partial charge in [0, 0.05) is 20.3 Å². The molecule has 0 aliphatic rings. The Morgan fingerprint density at radius 1 is 1.21 bits per heavy atom. The van der Waals surface area contributed by atoms with Crippen LogP contribution in [0.25, 0.3) is 0 Å². The number of halogens is 1. The number of anilines is 2. The van der Waals surface area contributed by atoms with Crippen LogP contribution in [0.4, 0.5) is 11.5 Å². The average Bonchev–Trinajstić information content (AvgIpc) is 2.41. The van der Waals surface area contributed by atoms with Gasteiger partial charge < -0.3 is 10.2 Å². The number of aromatic nitrogens is 1. The van der Waals surface area contributed by atoms with Crippen molar-refractivity contribution in [2.24, 2.45) is 0 Å². The van der Waals surface area contributed by atoms with Gasteiger partial charge in [0.1, 0.15) is 5.82 Å². The number of benzene rings is 1. The molecular formula is C14H14ClN3O. The maximum absolute atomic E-state index is 12.3. The highest BCUT2D eigenvalue weighted by Gasteiger charge is 2.14. The van der Waals surface area contributed by atoms with E-state index in [2.05, 4.69) is 10.3 Å². The third kappa shape index (κ3) is 3.03. The third-order valence-corrected chi connectivity index (χ3v) is 2.91. The first-order chi connectivity index (χ1) is 9.09. The van der Waals surface area contributed by atoms with Crippen LogP contribution >= 0.6 is 11.6 Å². The second-order valence-electron chi connectivity index (χ2n) is 4.20. The Kier molecular flexibility index (Phi) is 4.02. The predicted molar refractivity (Wildman–Crippen MR) is 78.0 cm³/mol. The largest absolute Gasteiger partial charge is 0.362 e. The lowest BCUT2D eigenvalue weighted by molar-refractivity contribution is 0.102. The summed E-state index contributed by atoms with van der Waals surface area (Å²) in [5.41, 5.74) is 1.09. The normalized spacial score (nSPS) is 10.1. The summed E-state index contributed by atoms with van der Waals surface area (Å²) in [6, 6.07) is 10.6. The first-order valence-corrected chi connectivity index (χ1v) is 6.15. The van der Waals surface area contributed by atoms with Crippen molar-refractivity contribution in [3.63, 3.8) is 0 Å². The van der Waals surface area contributed by atoms with Gasteiger partial charge >= 0.3 is 0 Å². The molecule has 0 saturated carbocycles. The standard InChI is InChI=1S/C14H14ClN3O/c1-18(2)13-10(6-5-9-16-13)14(19)17-12-8-4-3-7-11(12)15/h3-9H,1-2H3,(H,17,19). The zero-order chi connectivity index (χ0) is 13.8. The van der Waals surface area contributed by atoms with Crippen molar-refractivity contribution >= 4 is 29.0 Å². The molecule has 0 spiro atoms. The van der Waals surface area contributed by atoms with Crippen LogP contribution in [-0.2, 0) is 0 Å². The van der Waals surface area contributed by atoms with Crippen LogP contribution in [0, 0.1) is 0 Å². The van der Waals surface area contributed by atoms with E-state index in [9.17, 15) is 4.79 Å². The molecular weight excluding hydrogens is 262 g/mol. The number of para-hydroxylation sites is 1. The molecule has 2 aromatic rings. The molecule has 1 aromatic heterocycles. The summed E-state index contributed by atoms with van der Waals surface area (Å²) >= 11 is 6.02. The number of hydrogen-bond acceptors (Lipinski definition) is 3. The molecule has 0 aliphatic heterocycles. The van der Waals surface area contributed by atoms with Gasteiger partial charge in [0.15, 0.2) is 0 Å². The second kappa shape index (κ2) is 5.71. The molecule has 98 valence electrons. The van der Waals surface area contributed by atoms with Gasteiger partial charge in [-0.15, -0.1) is 0 Å². The smallest absolute Gasteiger partial charge is 0.259 e. The SMILES string of the molecule is CN(C)c1ncccc1C(=O)Nc1ccccc1Cl. The maximum atomic E-state index is 12.3. The molecule has 4 nitrogen and oxygen atoms in total. The molecule has 0 aliphatic carbocycles. The summed E-state index contributed by atoms with van der Waals surface area (Å²) < 4.78 is 0. The Morgan fingerprint density at radius 2 is 1.95 bits per heavy atom. The summed E-state index contributed by atoms with van der Waals surface area (Å²) in [4.78, 5) is 18.2. The molecule has 0 unspecified atom stereocenters. The molecule has 1 aromatic carbocycles. The van der Waals surface area contributed by atoms with E-state index in [1.54, 1.807) is 35.4 Å². The number of hydrogen-bond donors (Lipinski definition) is 1. The summed E-state index contributed by atoms with van der Waals surface area (Å²) in [6.07, 6.45) is 1.65. The zero-order valence-corrected chi connectivity index (χ0v) is 11.5. The summed E-state index contributed by atoms with van der Waals surface area (Å²) in [5, 5.41) is 3.29. The van der Waals surface area contributed by atoms with Crippen LogP contribution in [-0.4, -0.2) is 25.0 Å². The molecule has 1 N–H and O–H groups in total. The van der Waals surface area contributed by atoms with Crippen LogP contribution in [0.2, 0.25) is 5.02 Å². The Balaban J connectivity index is 2.29. The molecule has 0 saturated heterocycles. The average molecular weight is 276 g/mol. The first kappa shape index (κ1) is 13.4. The molecule has 1 heterocycles. The Bertz CT molecular complexity index is 599. The number of carbonyl (C=O) groups is 1. The topological polar surface area (TPSA) is 45.2 Å². The molecule has 0 radical (unpaired) electrons. The summed E-state index contributed by atoms with van der Waals surface area (Å²) in [5.74, 6) is 0.386. The Morgan fingerprint density at radius 3 is 2.63 bits per heavy atom. The van der Waals surface area contributed by atoms with Gasteiger partial charge in [-0.2, -0.15) is 0 Å². The minimum absolute atomic E-state index is 0.232. The zero-order valence-electron chi connectivity index (χ0n) is 10.7. The van der Waals surface area contributed by atoms with Crippen molar-refractivity contribution < 1.29 is 4.79 Å². The third-order valence-electron chi connectivity index (χ3n) is 2.58. The molecule has 0 fully saturated rings. The molecule has 2 rings (SSSR count). The fourth-order valence-electron chi connectivity index (χ4n) is 1.68. The van der Waals surface area contributed by atoms with Crippen molar-refractivity contribution in [3.8, 4) is 0 Å². The fraction of sp³-hybridized carbons (Fsp3) is 0.143. The van der Waals surface area contributed by atoms with Gasteiger partial charge in [-0.25, -0.2) is 4.98 Å². The van der Waals surface area contributed by atoms with E-state index in [-0.39, 0.29) is 5.91 Å². The highest BCUT2D eigenvalue weighted by Crippen LogP contribution is 2.22. The molecule has 0 bridgehead atoms. The molecule has 1 amide bonds. The lowest BCUT2D eigenvalue weighted by atomic mass is 10.2. The van der Waals surface area contributed by atoms with Crippen LogP contribution in [0.15, 0.2) is 42.6 Å². The van der Waals surface area contributed by atoms with Gasteiger partial charge in [0.25, 0.3) is 5.91 Å². The van der Waals surface area contributed by atoms with Crippen molar-refractivity contribution in [1.82, 2.24) is 4.98 Å². The Labute approximate surface area is 117 Å². The van der Waals surface area contributed by atoms with Gasteiger partial charge in [-0.05, 0) is 24.3 Å². The lowest BCUT2D eigenvalue weighted by Gasteiger charge is -2.15. The van der Waals surface area contributed by atoms with Gasteiger partial charge in [0.2, 0.25) is 0 Å². The highest BCUT2D eigenvalue weighted by atomic mass is 35.5. The van der Waals surface area contributed by atoms with Gasteiger partial charge in [0.05, 0.1) is 16.3 Å². The van der Waals surface area contributed by atoms with E-state index in [1.165, 1.54) is 0 Å². The summed E-state index contributed by atoms with van der Waals surface area (Å²) in [7, 11) is 3.68. The second-order valence-corrected chi connectivity index (χ2v) is 4.61. The summed E-state index contributed by atoms with van der Waals surface area (Å²) in [6.45, 7) is 0. The van der Waals surface area contributed by atoms with Crippen LogP contribution in [0.3, 0.4) is 0 Å². The number of pyridine rings is 1. The maximum Gasteiger partial charge on any atom is 0.259 e. The molecule has 5 heteroatoms. The molecule has 19 heavy (non-hydrogen) atoms. The monoisotopic (exact) mass is 275 g/mol. The molecule has 0 atom stereocenters. The predicted octanol–water partition coefficient (Wildman–Crippen LogP) is 3.05. The van der Waals surface area contributed by atoms with Crippen molar-refractivity contribution in [3.05, 3.63) is 53.2 Å². The van der Waals surface area contributed by atoms with E-state index in [1.807, 2.05) is 26.2 Å². The first-order valence-electron chi connectivity index (χ1n) is 5.78. The van der Waals surface area contributed by atoms with Crippen molar-refractivity contribution in [1.29, 1.82) is 0 Å². The van der Waals surface area contributed by atoms with Crippen molar-refractivity contribution in [2.45, 2.75) is 0 Å². The van der Waals surface area contributed by atoms with Crippen molar-refractivity contribution in [2.75, 3.05) is 24.3 Å². The van der Waals surface area contributed by atoms with Crippen LogP contribution < -0.4 is 10.2 Å². The van der Waals surface area contributed by atoms with Crippen LogP contribution in [0.1, 0.15) is 10.4 Å². The van der Waals surface area contributed by atoms with E-state index in [4.69, 9.17) is 11.6 Å². The number of amides is 1. The van der Waals surface area contributed by atoms with E-state index >= 15 is 0 Å². The van der Waals surface area contributed by atoms with E-state index < -0.39 is 0 Å². The highest BCUT2D eigenvalue weighted by molar-refractivity contribution is 6.34. The minimum atomic E-state index is -0.232. The number of nitrogens with one attached hydrogen (secondary N) is 1. The minimum Gasteiger partial charge on any atom is -0.362 e. The number of carbonyl (C=O) groups excluding carboxylic acids is 1. The van der Waals surface area contributed by atoms with E-state index in [0.29, 0.717) is 22.1 Å². The fourth-order valence-corrected chi connectivity index (χ4v) is 1.87.